The Hall–Kier alpha value is -1.06. The maximum Gasteiger partial charge on any atom is 0.125 e. The highest BCUT2D eigenvalue weighted by molar-refractivity contribution is 6.31. The van der Waals surface area contributed by atoms with Gasteiger partial charge in [0.25, 0.3) is 0 Å². The normalized spacial score (nSPS) is 11.1. The SMILES string of the molecule is CNCc1c(Cl)[nH]c2cc(F)ccc12. The van der Waals surface area contributed by atoms with Crippen LogP contribution < -0.4 is 5.32 Å². The van der Waals surface area contributed by atoms with Gasteiger partial charge in [-0.05, 0) is 25.2 Å². The molecule has 0 saturated carbocycles. The lowest BCUT2D eigenvalue weighted by Crippen LogP contribution is -2.04. The molecule has 4 heteroatoms. The van der Waals surface area contributed by atoms with Gasteiger partial charge >= 0.3 is 0 Å². The van der Waals surface area contributed by atoms with Crippen molar-refractivity contribution in [2.75, 3.05) is 7.05 Å². The third-order valence-electron chi connectivity index (χ3n) is 2.17. The minimum atomic E-state index is -0.258. The van der Waals surface area contributed by atoms with E-state index in [9.17, 15) is 4.39 Å². The third kappa shape index (κ3) is 1.49. The monoisotopic (exact) mass is 212 g/mol. The van der Waals surface area contributed by atoms with Crippen LogP contribution in [0.3, 0.4) is 0 Å². The number of aromatic amines is 1. The molecule has 2 rings (SSSR count). The first-order valence-corrected chi connectivity index (χ1v) is 4.70. The lowest BCUT2D eigenvalue weighted by molar-refractivity contribution is 0.629. The Morgan fingerprint density at radius 1 is 1.50 bits per heavy atom. The highest BCUT2D eigenvalue weighted by atomic mass is 35.5. The van der Waals surface area contributed by atoms with E-state index < -0.39 is 0 Å². The van der Waals surface area contributed by atoms with Crippen LogP contribution in [0, 0.1) is 5.82 Å². The fourth-order valence-corrected chi connectivity index (χ4v) is 1.81. The minimum Gasteiger partial charge on any atom is -0.345 e. The Kier molecular flexibility index (Phi) is 2.44. The van der Waals surface area contributed by atoms with Gasteiger partial charge < -0.3 is 10.3 Å². The fraction of sp³-hybridized carbons (Fsp3) is 0.200. The van der Waals surface area contributed by atoms with Crippen molar-refractivity contribution in [3.63, 3.8) is 0 Å². The summed E-state index contributed by atoms with van der Waals surface area (Å²) in [4.78, 5) is 2.94. The van der Waals surface area contributed by atoms with E-state index in [1.165, 1.54) is 12.1 Å². The Balaban J connectivity index is 2.64. The van der Waals surface area contributed by atoms with Crippen LogP contribution in [-0.2, 0) is 6.54 Å². The molecule has 0 atom stereocenters. The second-order valence-electron chi connectivity index (χ2n) is 3.14. The van der Waals surface area contributed by atoms with Crippen molar-refractivity contribution in [3.05, 3.63) is 34.7 Å². The largest absolute Gasteiger partial charge is 0.345 e. The molecule has 0 saturated heterocycles. The highest BCUT2D eigenvalue weighted by Gasteiger charge is 2.08. The van der Waals surface area contributed by atoms with E-state index >= 15 is 0 Å². The van der Waals surface area contributed by atoms with Crippen LogP contribution in [0.15, 0.2) is 18.2 Å². The lowest BCUT2D eigenvalue weighted by atomic mass is 10.2. The van der Waals surface area contributed by atoms with Crippen LogP contribution in [0.2, 0.25) is 5.15 Å². The molecule has 0 aliphatic rings. The van der Waals surface area contributed by atoms with E-state index in [1.807, 2.05) is 7.05 Å². The predicted octanol–water partition coefficient (Wildman–Crippen LogP) is 2.68. The quantitative estimate of drug-likeness (QED) is 0.787. The van der Waals surface area contributed by atoms with Crippen LogP contribution in [-0.4, -0.2) is 12.0 Å². The van der Waals surface area contributed by atoms with Gasteiger partial charge in [0.15, 0.2) is 0 Å². The van der Waals surface area contributed by atoms with E-state index in [4.69, 9.17) is 11.6 Å². The molecule has 0 spiro atoms. The number of benzene rings is 1. The van der Waals surface area contributed by atoms with Gasteiger partial charge in [-0.1, -0.05) is 11.6 Å². The van der Waals surface area contributed by atoms with Gasteiger partial charge in [0, 0.05) is 23.0 Å². The maximum atomic E-state index is 12.9. The third-order valence-corrected chi connectivity index (χ3v) is 2.49. The number of rotatable bonds is 2. The average Bonchev–Trinajstić information content (AvgIpc) is 2.43. The molecule has 0 fully saturated rings. The number of H-pyrrole nitrogens is 1. The van der Waals surface area contributed by atoms with Crippen molar-refractivity contribution in [1.82, 2.24) is 10.3 Å². The van der Waals surface area contributed by atoms with Crippen LogP contribution in [0.1, 0.15) is 5.56 Å². The molecule has 14 heavy (non-hydrogen) atoms. The lowest BCUT2D eigenvalue weighted by Gasteiger charge is -1.97. The van der Waals surface area contributed by atoms with Crippen molar-refractivity contribution in [2.24, 2.45) is 0 Å². The summed E-state index contributed by atoms with van der Waals surface area (Å²) in [6.07, 6.45) is 0. The number of aromatic nitrogens is 1. The van der Waals surface area contributed by atoms with Gasteiger partial charge in [0.1, 0.15) is 11.0 Å². The number of hydrogen-bond donors (Lipinski definition) is 2. The summed E-state index contributed by atoms with van der Waals surface area (Å²) in [6.45, 7) is 0.671. The van der Waals surface area contributed by atoms with Gasteiger partial charge in [-0.25, -0.2) is 4.39 Å². The number of fused-ring (bicyclic) bond motifs is 1. The van der Waals surface area contributed by atoms with E-state index in [2.05, 4.69) is 10.3 Å². The molecule has 2 nitrogen and oxygen atoms in total. The van der Waals surface area contributed by atoms with Gasteiger partial charge in [-0.3, -0.25) is 0 Å². The number of nitrogens with one attached hydrogen (secondary N) is 2. The van der Waals surface area contributed by atoms with E-state index in [0.717, 1.165) is 16.5 Å². The van der Waals surface area contributed by atoms with Crippen molar-refractivity contribution < 1.29 is 4.39 Å². The first-order chi connectivity index (χ1) is 6.72. The molecule has 2 N–H and O–H groups in total. The van der Waals surface area contributed by atoms with E-state index in [-0.39, 0.29) is 5.82 Å². The number of hydrogen-bond acceptors (Lipinski definition) is 1. The Labute approximate surface area is 86.1 Å². The molecule has 0 unspecified atom stereocenters. The topological polar surface area (TPSA) is 27.8 Å². The van der Waals surface area contributed by atoms with Gasteiger partial charge in [-0.15, -0.1) is 0 Å². The molecule has 74 valence electrons. The van der Waals surface area contributed by atoms with Crippen molar-refractivity contribution in [1.29, 1.82) is 0 Å². The Morgan fingerprint density at radius 3 is 3.00 bits per heavy atom. The Bertz CT molecular complexity index is 464. The molecule has 0 amide bonds. The van der Waals surface area contributed by atoms with Gasteiger partial charge in [0.2, 0.25) is 0 Å². The molecule has 0 aliphatic heterocycles. The molecule has 2 aromatic rings. The van der Waals surface area contributed by atoms with Crippen LogP contribution >= 0.6 is 11.6 Å². The summed E-state index contributed by atoms with van der Waals surface area (Å²) in [7, 11) is 1.85. The summed E-state index contributed by atoms with van der Waals surface area (Å²) < 4.78 is 12.9. The zero-order chi connectivity index (χ0) is 10.1. The molecule has 0 radical (unpaired) electrons. The maximum absolute atomic E-state index is 12.9. The molecule has 0 aliphatic carbocycles. The van der Waals surface area contributed by atoms with Crippen molar-refractivity contribution in [2.45, 2.75) is 6.54 Å². The van der Waals surface area contributed by atoms with Crippen molar-refractivity contribution in [3.8, 4) is 0 Å². The first-order valence-electron chi connectivity index (χ1n) is 4.32. The van der Waals surface area contributed by atoms with Gasteiger partial charge in [0.05, 0.1) is 0 Å². The molecule has 0 bridgehead atoms. The second kappa shape index (κ2) is 3.59. The molecule has 1 aromatic heterocycles. The zero-order valence-corrected chi connectivity index (χ0v) is 8.45. The fourth-order valence-electron chi connectivity index (χ4n) is 1.54. The Morgan fingerprint density at radius 2 is 2.29 bits per heavy atom. The molecular formula is C10H10ClFN2. The molecular weight excluding hydrogens is 203 g/mol. The van der Waals surface area contributed by atoms with E-state index in [1.54, 1.807) is 6.07 Å². The zero-order valence-electron chi connectivity index (χ0n) is 7.70. The minimum absolute atomic E-state index is 0.258. The summed E-state index contributed by atoms with van der Waals surface area (Å²) in [5, 5.41) is 4.55. The smallest absolute Gasteiger partial charge is 0.125 e. The first kappa shape index (κ1) is 9.49. The molecule has 1 aromatic carbocycles. The summed E-state index contributed by atoms with van der Waals surface area (Å²) in [5.74, 6) is -0.258. The predicted molar refractivity (Wildman–Crippen MR) is 56.0 cm³/mol. The molecule has 1 heterocycles. The van der Waals surface area contributed by atoms with Crippen LogP contribution in [0.4, 0.5) is 4.39 Å². The van der Waals surface area contributed by atoms with Crippen LogP contribution in [0.5, 0.6) is 0 Å². The van der Waals surface area contributed by atoms with Crippen molar-refractivity contribution >= 4 is 22.5 Å². The average molecular weight is 213 g/mol. The van der Waals surface area contributed by atoms with E-state index in [0.29, 0.717) is 11.7 Å². The van der Waals surface area contributed by atoms with Crippen LogP contribution in [0.25, 0.3) is 10.9 Å². The summed E-state index contributed by atoms with van der Waals surface area (Å²) >= 11 is 5.98. The summed E-state index contributed by atoms with van der Waals surface area (Å²) in [6, 6.07) is 4.62. The highest BCUT2D eigenvalue weighted by Crippen LogP contribution is 2.26. The number of halogens is 2. The van der Waals surface area contributed by atoms with Gasteiger partial charge in [-0.2, -0.15) is 0 Å². The standard InChI is InChI=1S/C10H10ClFN2/c1-13-5-8-7-3-2-6(12)4-9(7)14-10(8)11/h2-4,13-14H,5H2,1H3. The second-order valence-corrected chi connectivity index (χ2v) is 3.52. The summed E-state index contributed by atoms with van der Waals surface area (Å²) in [5.41, 5.74) is 1.71.